The number of rotatable bonds is 2. The Morgan fingerprint density at radius 3 is 2.54 bits per heavy atom. The lowest BCUT2D eigenvalue weighted by molar-refractivity contribution is -0.134. The number of methoxy groups -OCH3 is 1. The average molecular weight is 203 g/mol. The first-order valence-electron chi connectivity index (χ1n) is 3.60. The van der Waals surface area contributed by atoms with Crippen molar-refractivity contribution in [2.75, 3.05) is 7.11 Å². The van der Waals surface area contributed by atoms with E-state index in [9.17, 15) is 0 Å². The van der Waals surface area contributed by atoms with Crippen molar-refractivity contribution >= 4 is 17.3 Å². The molecule has 4 nitrogen and oxygen atoms in total. The van der Waals surface area contributed by atoms with Gasteiger partial charge in [0.15, 0.2) is 0 Å². The van der Waals surface area contributed by atoms with E-state index >= 15 is 0 Å². The van der Waals surface area contributed by atoms with Crippen LogP contribution in [0.2, 0.25) is 0 Å². The molecule has 0 aromatic carbocycles. The second-order valence-corrected chi connectivity index (χ2v) is 2.93. The fraction of sp³-hybridized carbons (Fsp3) is 0.375. The van der Waals surface area contributed by atoms with Crippen molar-refractivity contribution in [3.05, 3.63) is 16.3 Å². The SMILES string of the molecule is CC(=O)O.COc1cscc1CN. The Balaban J connectivity index is 0.000000310. The van der Waals surface area contributed by atoms with Gasteiger partial charge in [-0.2, -0.15) is 0 Å². The summed E-state index contributed by atoms with van der Waals surface area (Å²) in [5.74, 6) is 0.0718. The number of hydrogen-bond donors (Lipinski definition) is 2. The highest BCUT2D eigenvalue weighted by Gasteiger charge is 1.98. The first-order chi connectivity index (χ1) is 6.11. The van der Waals surface area contributed by atoms with Crippen LogP contribution in [0.15, 0.2) is 10.8 Å². The smallest absolute Gasteiger partial charge is 0.300 e. The Morgan fingerprint density at radius 2 is 2.23 bits per heavy atom. The molecule has 0 saturated carbocycles. The lowest BCUT2D eigenvalue weighted by Gasteiger charge is -1.96. The number of carboxylic acid groups (broad SMARTS) is 1. The number of carboxylic acids is 1. The zero-order valence-corrected chi connectivity index (χ0v) is 8.43. The van der Waals surface area contributed by atoms with E-state index in [0.717, 1.165) is 18.2 Å². The number of ether oxygens (including phenoxy) is 1. The van der Waals surface area contributed by atoms with E-state index < -0.39 is 5.97 Å². The van der Waals surface area contributed by atoms with Crippen molar-refractivity contribution in [2.24, 2.45) is 5.73 Å². The standard InChI is InChI=1S/C6H9NOS.C2H4O2/c1-8-6-4-9-3-5(6)2-7;1-2(3)4/h3-4H,2,7H2,1H3;1H3,(H,3,4). The van der Waals surface area contributed by atoms with Gasteiger partial charge in [-0.25, -0.2) is 0 Å². The van der Waals surface area contributed by atoms with Gasteiger partial charge >= 0.3 is 0 Å². The molecule has 0 aliphatic heterocycles. The van der Waals surface area contributed by atoms with Gasteiger partial charge in [-0.3, -0.25) is 4.79 Å². The minimum Gasteiger partial charge on any atom is -0.496 e. The number of nitrogens with two attached hydrogens (primary N) is 1. The quantitative estimate of drug-likeness (QED) is 0.760. The highest BCUT2D eigenvalue weighted by atomic mass is 32.1. The van der Waals surface area contributed by atoms with Gasteiger partial charge in [0.2, 0.25) is 0 Å². The highest BCUT2D eigenvalue weighted by molar-refractivity contribution is 7.08. The van der Waals surface area contributed by atoms with Crippen LogP contribution < -0.4 is 10.5 Å². The van der Waals surface area contributed by atoms with E-state index in [1.807, 2.05) is 10.8 Å². The summed E-state index contributed by atoms with van der Waals surface area (Å²) in [6.45, 7) is 1.65. The molecule has 0 spiro atoms. The van der Waals surface area contributed by atoms with E-state index in [1.165, 1.54) is 0 Å². The number of hydrogen-bond acceptors (Lipinski definition) is 4. The molecule has 0 atom stereocenters. The van der Waals surface area contributed by atoms with Crippen LogP contribution >= 0.6 is 11.3 Å². The van der Waals surface area contributed by atoms with E-state index in [1.54, 1.807) is 18.4 Å². The Labute approximate surface area is 80.9 Å². The predicted octanol–water partition coefficient (Wildman–Crippen LogP) is 1.31. The molecule has 0 fully saturated rings. The zero-order chi connectivity index (χ0) is 10.3. The molecule has 74 valence electrons. The summed E-state index contributed by atoms with van der Waals surface area (Å²) in [7, 11) is 1.65. The summed E-state index contributed by atoms with van der Waals surface area (Å²) in [6, 6.07) is 0. The molecule has 13 heavy (non-hydrogen) atoms. The van der Waals surface area contributed by atoms with Crippen molar-refractivity contribution in [1.82, 2.24) is 0 Å². The van der Waals surface area contributed by atoms with Gasteiger partial charge in [0.25, 0.3) is 5.97 Å². The Bertz CT molecular complexity index is 237. The van der Waals surface area contributed by atoms with Gasteiger partial charge in [-0.15, -0.1) is 11.3 Å². The van der Waals surface area contributed by atoms with Gasteiger partial charge in [0.1, 0.15) is 5.75 Å². The van der Waals surface area contributed by atoms with Gasteiger partial charge in [0, 0.05) is 24.4 Å². The van der Waals surface area contributed by atoms with Crippen LogP contribution in [0.3, 0.4) is 0 Å². The predicted molar refractivity (Wildman–Crippen MR) is 52.1 cm³/mol. The van der Waals surface area contributed by atoms with Gasteiger partial charge < -0.3 is 15.6 Å². The average Bonchev–Trinajstić information content (AvgIpc) is 2.49. The molecule has 1 aromatic rings. The third kappa shape index (κ3) is 5.21. The number of thiophene rings is 1. The second-order valence-electron chi connectivity index (χ2n) is 2.19. The van der Waals surface area contributed by atoms with Crippen molar-refractivity contribution < 1.29 is 14.6 Å². The van der Waals surface area contributed by atoms with Crippen LogP contribution in [0, 0.1) is 0 Å². The molecule has 3 N–H and O–H groups in total. The van der Waals surface area contributed by atoms with Gasteiger partial charge in [-0.1, -0.05) is 0 Å². The first-order valence-corrected chi connectivity index (χ1v) is 4.54. The van der Waals surface area contributed by atoms with Crippen LogP contribution in [-0.4, -0.2) is 18.2 Å². The molecular weight excluding hydrogens is 190 g/mol. The van der Waals surface area contributed by atoms with E-state index in [-0.39, 0.29) is 0 Å². The molecule has 0 amide bonds. The van der Waals surface area contributed by atoms with Crippen LogP contribution in [0.1, 0.15) is 12.5 Å². The van der Waals surface area contributed by atoms with E-state index in [0.29, 0.717) is 6.54 Å². The topological polar surface area (TPSA) is 72.5 Å². The summed E-state index contributed by atoms with van der Waals surface area (Å²) in [5, 5.41) is 11.4. The first kappa shape index (κ1) is 11.9. The molecule has 1 heterocycles. The maximum absolute atomic E-state index is 9.00. The minimum absolute atomic E-state index is 0.562. The Kier molecular flexibility index (Phi) is 5.92. The summed E-state index contributed by atoms with van der Waals surface area (Å²) < 4.78 is 5.01. The van der Waals surface area contributed by atoms with Gasteiger partial charge in [0.05, 0.1) is 7.11 Å². The second kappa shape index (κ2) is 6.45. The molecule has 0 radical (unpaired) electrons. The number of aliphatic carboxylic acids is 1. The van der Waals surface area contributed by atoms with Crippen molar-refractivity contribution in [3.63, 3.8) is 0 Å². The monoisotopic (exact) mass is 203 g/mol. The molecule has 0 aliphatic rings. The van der Waals surface area contributed by atoms with Crippen LogP contribution in [-0.2, 0) is 11.3 Å². The Hall–Kier alpha value is -1.07. The maximum Gasteiger partial charge on any atom is 0.300 e. The minimum atomic E-state index is -0.833. The van der Waals surface area contributed by atoms with E-state index in [2.05, 4.69) is 0 Å². The summed E-state index contributed by atoms with van der Waals surface area (Å²) in [4.78, 5) is 9.00. The molecular formula is C8H13NO3S. The Morgan fingerprint density at radius 1 is 1.69 bits per heavy atom. The maximum atomic E-state index is 9.00. The fourth-order valence-electron chi connectivity index (χ4n) is 0.640. The normalized spacial score (nSPS) is 8.54. The van der Waals surface area contributed by atoms with Crippen LogP contribution in [0.25, 0.3) is 0 Å². The third-order valence-electron chi connectivity index (χ3n) is 1.14. The molecule has 1 aromatic heterocycles. The van der Waals surface area contributed by atoms with Crippen LogP contribution in [0.5, 0.6) is 5.75 Å². The van der Waals surface area contributed by atoms with Crippen LogP contribution in [0.4, 0.5) is 0 Å². The summed E-state index contributed by atoms with van der Waals surface area (Å²) in [6.07, 6.45) is 0. The van der Waals surface area contributed by atoms with Crippen molar-refractivity contribution in [3.8, 4) is 5.75 Å². The molecule has 0 unspecified atom stereocenters. The molecule has 1 rings (SSSR count). The zero-order valence-electron chi connectivity index (χ0n) is 7.61. The van der Waals surface area contributed by atoms with Crippen molar-refractivity contribution in [1.29, 1.82) is 0 Å². The summed E-state index contributed by atoms with van der Waals surface area (Å²) in [5.41, 5.74) is 6.48. The fourth-order valence-corrected chi connectivity index (χ4v) is 1.46. The number of carbonyl (C=O) groups is 1. The van der Waals surface area contributed by atoms with Gasteiger partial charge in [-0.05, 0) is 5.38 Å². The lowest BCUT2D eigenvalue weighted by atomic mass is 10.3. The lowest BCUT2D eigenvalue weighted by Crippen LogP contribution is -1.96. The highest BCUT2D eigenvalue weighted by Crippen LogP contribution is 2.21. The molecule has 0 aliphatic carbocycles. The largest absolute Gasteiger partial charge is 0.496 e. The molecule has 5 heteroatoms. The molecule has 0 bridgehead atoms. The van der Waals surface area contributed by atoms with Crippen molar-refractivity contribution in [2.45, 2.75) is 13.5 Å². The summed E-state index contributed by atoms with van der Waals surface area (Å²) >= 11 is 1.61. The molecule has 0 saturated heterocycles. The van der Waals surface area contributed by atoms with E-state index in [4.69, 9.17) is 20.4 Å². The third-order valence-corrected chi connectivity index (χ3v) is 1.91.